The van der Waals surface area contributed by atoms with Gasteiger partial charge in [-0.25, -0.2) is 35.1 Å². The van der Waals surface area contributed by atoms with E-state index >= 15 is 35.1 Å². The third-order valence-corrected chi connectivity index (χ3v) is 11.1. The van der Waals surface area contributed by atoms with Crippen LogP contribution in [0.4, 0.5) is 48.3 Å². The lowest BCUT2D eigenvalue weighted by molar-refractivity contribution is -0.0318. The maximum atomic E-state index is 16.5. The summed E-state index contributed by atoms with van der Waals surface area (Å²) < 4.78 is 173. The van der Waals surface area contributed by atoms with Crippen molar-refractivity contribution in [2.24, 2.45) is 0 Å². The molecule has 0 atom stereocenters. The van der Waals surface area contributed by atoms with Crippen molar-refractivity contribution in [3.63, 3.8) is 0 Å². The molecule has 58 heavy (non-hydrogen) atoms. The highest BCUT2D eigenvalue weighted by molar-refractivity contribution is 8.09. The van der Waals surface area contributed by atoms with E-state index in [1.165, 1.54) is 19.1 Å². The van der Waals surface area contributed by atoms with Crippen LogP contribution in [0.2, 0.25) is 0 Å². The Morgan fingerprint density at radius 3 is 1.40 bits per heavy atom. The van der Waals surface area contributed by atoms with Gasteiger partial charge in [-0.05, 0) is 83.8 Å². The summed E-state index contributed by atoms with van der Waals surface area (Å²) in [7, 11) is 0. The molecule has 4 nitrogen and oxygen atoms in total. The fraction of sp³-hybridized carbons (Fsp3) is 0.333. The zero-order chi connectivity index (χ0) is 43.0. The van der Waals surface area contributed by atoms with Crippen LogP contribution in [0.25, 0.3) is 42.4 Å². The number of nitrogens with zero attached hydrogens (tertiary/aromatic N) is 4. The summed E-state index contributed by atoms with van der Waals surface area (Å²) in [6.07, 6.45) is -0.689. The van der Waals surface area contributed by atoms with Crippen molar-refractivity contribution < 1.29 is 48.3 Å². The number of alkyl halides is 3. The predicted molar refractivity (Wildman–Crippen MR) is 195 cm³/mol. The minimum Gasteiger partial charge on any atom is -0.203 e. The van der Waals surface area contributed by atoms with Gasteiger partial charge in [-0.2, -0.15) is 33.4 Å². The Kier molecular flexibility index (Phi) is 12.8. The normalized spacial score (nSPS) is 13.3. The number of thioether (sulfide) groups is 1. The van der Waals surface area contributed by atoms with Crippen molar-refractivity contribution in [2.75, 3.05) is 0 Å². The summed E-state index contributed by atoms with van der Waals surface area (Å²) >= 11 is -1.01. The van der Waals surface area contributed by atoms with E-state index in [9.17, 15) is 23.7 Å². The summed E-state index contributed by atoms with van der Waals surface area (Å²) in [6, 6.07) is 2.83. The molecule has 0 radical (unpaired) electrons. The Bertz CT molecular complexity index is 2560. The standard InChI is InChI=1S/C42H29F11N4S/c1-6-8-10-12-20-32(43)36(47)30(37(48)33(20)44)27-25-15-23(19(16-54)17-55)40(58-42(51,52)53)29(25)28(24-14-22(18(3)26(24)27)41(56-4)57-5)31-38(49)34(45)21(13-11-9-7-2)35(46)39(31)50/h6-15H2,1-3H3. The van der Waals surface area contributed by atoms with Crippen LogP contribution in [0.3, 0.4) is 0 Å². The molecule has 2 aliphatic carbocycles. The minimum atomic E-state index is -5.32. The van der Waals surface area contributed by atoms with E-state index < -0.39 is 166 Å². The van der Waals surface area contributed by atoms with Gasteiger partial charge in [0.15, 0.2) is 46.5 Å². The fourth-order valence-corrected chi connectivity index (χ4v) is 8.48. The minimum absolute atomic E-state index is 0.0848. The summed E-state index contributed by atoms with van der Waals surface area (Å²) in [6.45, 7) is 19.8. The van der Waals surface area contributed by atoms with Crippen molar-refractivity contribution in [2.45, 2.75) is 90.5 Å². The second-order valence-corrected chi connectivity index (χ2v) is 14.6. The second kappa shape index (κ2) is 17.1. The molecule has 0 spiro atoms. The average Bonchev–Trinajstić information content (AvgIpc) is 3.71. The van der Waals surface area contributed by atoms with Gasteiger partial charge in [0.1, 0.15) is 30.9 Å². The zero-order valence-corrected chi connectivity index (χ0v) is 31.7. The Morgan fingerprint density at radius 2 is 1.02 bits per heavy atom. The largest absolute Gasteiger partial charge is 0.523 e. The summed E-state index contributed by atoms with van der Waals surface area (Å²) in [4.78, 5) is 5.13. The maximum absolute atomic E-state index is 16.5. The summed E-state index contributed by atoms with van der Waals surface area (Å²) in [5, 5.41) is 18.1. The van der Waals surface area contributed by atoms with E-state index in [-0.39, 0.29) is 24.0 Å². The van der Waals surface area contributed by atoms with Crippen LogP contribution in [0.5, 0.6) is 0 Å². The van der Waals surface area contributed by atoms with Gasteiger partial charge in [-0.15, -0.1) is 0 Å². The van der Waals surface area contributed by atoms with Gasteiger partial charge in [0.2, 0.25) is 0 Å². The zero-order valence-electron chi connectivity index (χ0n) is 30.9. The van der Waals surface area contributed by atoms with Gasteiger partial charge in [0, 0.05) is 33.2 Å². The first kappa shape index (κ1) is 43.5. The molecule has 0 aliphatic heterocycles. The van der Waals surface area contributed by atoms with Gasteiger partial charge in [0.25, 0.3) is 0 Å². The van der Waals surface area contributed by atoms with Crippen LogP contribution in [0.1, 0.15) is 81.5 Å². The molecule has 0 N–H and O–H groups in total. The Morgan fingerprint density at radius 1 is 0.621 bits per heavy atom. The number of rotatable bonds is 11. The number of fused-ring (bicyclic) bond motifs is 2. The number of hydrogen-bond acceptors (Lipinski definition) is 3. The number of halogens is 11. The average molecular weight is 831 g/mol. The molecule has 3 aromatic rings. The van der Waals surface area contributed by atoms with Crippen LogP contribution in [-0.4, -0.2) is 5.51 Å². The van der Waals surface area contributed by atoms with E-state index in [1.54, 1.807) is 13.8 Å². The first-order valence-electron chi connectivity index (χ1n) is 17.9. The number of allylic oxidation sites excluding steroid dienone is 2. The van der Waals surface area contributed by atoms with Crippen LogP contribution in [-0.2, 0) is 25.7 Å². The number of benzene rings is 3. The lowest BCUT2D eigenvalue weighted by Gasteiger charge is -2.20. The van der Waals surface area contributed by atoms with E-state index in [2.05, 4.69) is 9.69 Å². The van der Waals surface area contributed by atoms with Crippen LogP contribution in [0, 0.1) is 82.3 Å². The lowest BCUT2D eigenvalue weighted by Crippen LogP contribution is -2.27. The topological polar surface area (TPSA) is 56.3 Å². The van der Waals surface area contributed by atoms with Crippen LogP contribution >= 0.6 is 11.8 Å². The highest BCUT2D eigenvalue weighted by Crippen LogP contribution is 2.49. The van der Waals surface area contributed by atoms with Crippen molar-refractivity contribution in [1.29, 1.82) is 10.5 Å². The number of hydrogen-bond donors (Lipinski definition) is 0. The summed E-state index contributed by atoms with van der Waals surface area (Å²) in [5.41, 5.74) is -15.9. The predicted octanol–water partition coefficient (Wildman–Crippen LogP) is 11.6. The molecule has 0 saturated heterocycles. The van der Waals surface area contributed by atoms with Crippen molar-refractivity contribution >= 4 is 22.2 Å². The molecule has 0 aromatic heterocycles. The smallest absolute Gasteiger partial charge is 0.203 e. The van der Waals surface area contributed by atoms with Gasteiger partial charge in [0.05, 0.1) is 16.7 Å². The van der Waals surface area contributed by atoms with Crippen molar-refractivity contribution in [3.05, 3.63) is 125 Å². The molecule has 0 bridgehead atoms. The fourth-order valence-electron chi connectivity index (χ4n) is 7.62. The number of unbranched alkanes of at least 4 members (excludes halogenated alkanes) is 4. The highest BCUT2D eigenvalue weighted by atomic mass is 32.2. The Balaban J connectivity index is 2.18. The Labute approximate surface area is 329 Å². The molecule has 300 valence electrons. The first-order chi connectivity index (χ1) is 27.4. The lowest BCUT2D eigenvalue weighted by atomic mass is 9.85. The van der Waals surface area contributed by atoms with Crippen LogP contribution in [0.15, 0.2) is 22.5 Å². The molecule has 0 fully saturated rings. The SMILES string of the molecule is [C-]#[N+]C([N+]#[C-])=C1Cc2c(-c3c(F)c(F)c(CCCCC)c(F)c3F)c3c(c(-c4c(F)c(F)c(CCCCC)c(F)c4F)c2=C1C)CC(=C(C#N)C#N)C=3SC(F)(F)F. The van der Waals surface area contributed by atoms with E-state index in [0.29, 0.717) is 25.7 Å². The van der Waals surface area contributed by atoms with Gasteiger partial charge >= 0.3 is 11.3 Å². The molecule has 16 heteroatoms. The monoisotopic (exact) mass is 830 g/mol. The Hall–Kier alpha value is -5.58. The molecular formula is C42H29F11N4S. The molecule has 0 unspecified atom stereocenters. The van der Waals surface area contributed by atoms with Gasteiger partial charge < -0.3 is 0 Å². The molecule has 0 saturated carbocycles. The second-order valence-electron chi connectivity index (χ2n) is 13.5. The van der Waals surface area contributed by atoms with E-state index in [0.717, 1.165) is 0 Å². The third-order valence-electron chi connectivity index (χ3n) is 10.2. The first-order valence-corrected chi connectivity index (χ1v) is 18.7. The highest BCUT2D eigenvalue weighted by Gasteiger charge is 2.42. The molecule has 2 aliphatic rings. The van der Waals surface area contributed by atoms with Crippen molar-refractivity contribution in [1.82, 2.24) is 0 Å². The van der Waals surface area contributed by atoms with Crippen LogP contribution < -0.4 is 10.4 Å². The molecule has 0 heterocycles. The quantitative estimate of drug-likeness (QED) is 0.0636. The van der Waals surface area contributed by atoms with Crippen molar-refractivity contribution in [3.8, 4) is 34.4 Å². The van der Waals surface area contributed by atoms with E-state index in [4.69, 9.17) is 13.1 Å². The van der Waals surface area contributed by atoms with Gasteiger partial charge in [-0.3, -0.25) is 0 Å². The molecule has 0 amide bonds. The van der Waals surface area contributed by atoms with E-state index in [1.807, 2.05) is 0 Å². The number of nitriles is 2. The molecule has 3 aromatic carbocycles. The summed E-state index contributed by atoms with van der Waals surface area (Å²) in [5.74, 6) is -16.4. The molecule has 5 rings (SSSR count). The third kappa shape index (κ3) is 7.35. The molecular weight excluding hydrogens is 802 g/mol. The maximum Gasteiger partial charge on any atom is 0.523 e. The van der Waals surface area contributed by atoms with Gasteiger partial charge in [-0.1, -0.05) is 39.5 Å².